The Kier molecular flexibility index (Phi) is 5.92. The van der Waals surface area contributed by atoms with Crippen LogP contribution in [0.2, 0.25) is 0 Å². The average molecular weight is 369 g/mol. The summed E-state index contributed by atoms with van der Waals surface area (Å²) < 4.78 is 0. The van der Waals surface area contributed by atoms with Crippen molar-refractivity contribution in [2.24, 2.45) is 0 Å². The van der Waals surface area contributed by atoms with E-state index in [0.717, 1.165) is 23.7 Å². The van der Waals surface area contributed by atoms with Gasteiger partial charge in [0.05, 0.1) is 5.75 Å². The lowest BCUT2D eigenvalue weighted by Crippen LogP contribution is -2.18. The molecule has 26 heavy (non-hydrogen) atoms. The van der Waals surface area contributed by atoms with E-state index in [2.05, 4.69) is 67.4 Å². The summed E-state index contributed by atoms with van der Waals surface area (Å²) in [5.74, 6) is 0.451. The molecular weight excluding hydrogens is 340 g/mol. The van der Waals surface area contributed by atoms with E-state index in [-0.39, 0.29) is 11.3 Å². The Morgan fingerprint density at radius 3 is 2.19 bits per heavy atom. The van der Waals surface area contributed by atoms with Crippen molar-refractivity contribution >= 4 is 29.0 Å². The largest absolute Gasteiger partial charge is 0.372 e. The predicted octanol–water partition coefficient (Wildman–Crippen LogP) is 5.32. The third-order valence-corrected chi connectivity index (χ3v) is 5.72. The van der Waals surface area contributed by atoms with E-state index in [1.54, 1.807) is 11.8 Å². The molecule has 1 aliphatic rings. The van der Waals surface area contributed by atoms with E-state index in [0.29, 0.717) is 5.75 Å². The van der Waals surface area contributed by atoms with Crippen LogP contribution in [0.1, 0.15) is 39.2 Å². The van der Waals surface area contributed by atoms with E-state index in [1.165, 1.54) is 24.1 Å². The highest BCUT2D eigenvalue weighted by molar-refractivity contribution is 8.00. The molecule has 0 saturated carbocycles. The number of thioether (sulfide) groups is 1. The fourth-order valence-electron chi connectivity index (χ4n) is 3.13. The zero-order chi connectivity index (χ0) is 18.6. The maximum absolute atomic E-state index is 12.2. The van der Waals surface area contributed by atoms with E-state index in [4.69, 9.17) is 0 Å². The van der Waals surface area contributed by atoms with Crippen LogP contribution in [-0.4, -0.2) is 24.7 Å². The van der Waals surface area contributed by atoms with Crippen molar-refractivity contribution in [1.82, 2.24) is 0 Å². The molecule has 0 radical (unpaired) electrons. The van der Waals surface area contributed by atoms with Crippen LogP contribution in [0.25, 0.3) is 0 Å². The second-order valence-corrected chi connectivity index (χ2v) is 8.90. The molecule has 138 valence electrons. The lowest BCUT2D eigenvalue weighted by Gasteiger charge is -2.19. The van der Waals surface area contributed by atoms with Gasteiger partial charge in [-0.2, -0.15) is 0 Å². The van der Waals surface area contributed by atoms with Gasteiger partial charge < -0.3 is 10.2 Å². The first-order chi connectivity index (χ1) is 12.4. The maximum Gasteiger partial charge on any atom is 0.234 e. The zero-order valence-electron chi connectivity index (χ0n) is 15.9. The molecule has 0 spiro atoms. The Hall–Kier alpha value is -1.94. The molecule has 0 unspecified atom stereocenters. The lowest BCUT2D eigenvalue weighted by atomic mass is 9.87. The van der Waals surface area contributed by atoms with Crippen LogP contribution in [0.4, 0.5) is 11.4 Å². The van der Waals surface area contributed by atoms with Gasteiger partial charge in [0.15, 0.2) is 0 Å². The van der Waals surface area contributed by atoms with Gasteiger partial charge in [0.1, 0.15) is 0 Å². The van der Waals surface area contributed by atoms with Crippen LogP contribution in [0.15, 0.2) is 53.4 Å². The minimum Gasteiger partial charge on any atom is -0.372 e. The number of rotatable bonds is 5. The summed E-state index contributed by atoms with van der Waals surface area (Å²) in [6.45, 7) is 8.89. The number of nitrogens with one attached hydrogen (secondary N) is 1. The van der Waals surface area contributed by atoms with Gasteiger partial charge >= 0.3 is 0 Å². The SMILES string of the molecule is CC(C)(C)c1ccc(SCC(=O)Nc2ccc(N3CCCC3)cc2)cc1. The first kappa shape index (κ1) is 18.8. The molecule has 1 saturated heterocycles. The highest BCUT2D eigenvalue weighted by atomic mass is 32.2. The number of anilines is 2. The van der Waals surface area contributed by atoms with E-state index in [1.807, 2.05) is 12.1 Å². The molecule has 0 bridgehead atoms. The average Bonchev–Trinajstić information content (AvgIpc) is 3.15. The fourth-order valence-corrected chi connectivity index (χ4v) is 3.83. The monoisotopic (exact) mass is 368 g/mol. The van der Waals surface area contributed by atoms with E-state index >= 15 is 0 Å². The summed E-state index contributed by atoms with van der Waals surface area (Å²) >= 11 is 1.57. The zero-order valence-corrected chi connectivity index (χ0v) is 16.7. The Balaban J connectivity index is 1.49. The van der Waals surface area contributed by atoms with Crippen molar-refractivity contribution in [1.29, 1.82) is 0 Å². The summed E-state index contributed by atoms with van der Waals surface area (Å²) in [7, 11) is 0. The third kappa shape index (κ3) is 5.04. The molecule has 0 atom stereocenters. The van der Waals surface area contributed by atoms with Crippen molar-refractivity contribution in [2.45, 2.75) is 43.9 Å². The van der Waals surface area contributed by atoms with Crippen molar-refractivity contribution in [3.05, 3.63) is 54.1 Å². The number of hydrogen-bond donors (Lipinski definition) is 1. The maximum atomic E-state index is 12.2. The number of carbonyl (C=O) groups is 1. The molecular formula is C22H28N2OS. The summed E-state index contributed by atoms with van der Waals surface area (Å²) in [5, 5.41) is 2.99. The second kappa shape index (κ2) is 8.17. The van der Waals surface area contributed by atoms with Gasteiger partial charge in [-0.25, -0.2) is 0 Å². The van der Waals surface area contributed by atoms with Crippen molar-refractivity contribution in [3.8, 4) is 0 Å². The Bertz CT molecular complexity index is 726. The number of hydrogen-bond acceptors (Lipinski definition) is 3. The highest BCUT2D eigenvalue weighted by Gasteiger charge is 2.14. The summed E-state index contributed by atoms with van der Waals surface area (Å²) in [6.07, 6.45) is 2.54. The van der Waals surface area contributed by atoms with E-state index in [9.17, 15) is 4.79 Å². The van der Waals surface area contributed by atoms with Gasteiger partial charge in [-0.1, -0.05) is 32.9 Å². The standard InChI is InChI=1S/C22H28N2OS/c1-22(2,3)17-6-12-20(13-7-17)26-16-21(25)23-18-8-10-19(11-9-18)24-14-4-5-15-24/h6-13H,4-5,14-16H2,1-3H3,(H,23,25). The molecule has 1 heterocycles. The quantitative estimate of drug-likeness (QED) is 0.725. The number of nitrogens with zero attached hydrogens (tertiary/aromatic N) is 1. The van der Waals surface area contributed by atoms with Gasteiger partial charge in [0, 0.05) is 29.4 Å². The predicted molar refractivity (Wildman–Crippen MR) is 112 cm³/mol. The number of benzene rings is 2. The molecule has 1 fully saturated rings. The molecule has 0 aliphatic carbocycles. The molecule has 2 aromatic carbocycles. The Morgan fingerprint density at radius 1 is 1.00 bits per heavy atom. The second-order valence-electron chi connectivity index (χ2n) is 7.85. The van der Waals surface area contributed by atoms with E-state index < -0.39 is 0 Å². The first-order valence-corrected chi connectivity index (χ1v) is 10.3. The molecule has 3 nitrogen and oxygen atoms in total. The molecule has 0 aromatic heterocycles. The Labute approximate surface area is 161 Å². The van der Waals surface area contributed by atoms with Crippen molar-refractivity contribution in [2.75, 3.05) is 29.1 Å². The number of amides is 1. The summed E-state index contributed by atoms with van der Waals surface area (Å²) in [6, 6.07) is 16.7. The van der Waals surface area contributed by atoms with Gasteiger partial charge in [0.25, 0.3) is 0 Å². The summed E-state index contributed by atoms with van der Waals surface area (Å²) in [5.41, 5.74) is 3.57. The van der Waals surface area contributed by atoms with Crippen LogP contribution in [0.3, 0.4) is 0 Å². The molecule has 1 aliphatic heterocycles. The lowest BCUT2D eigenvalue weighted by molar-refractivity contribution is -0.113. The van der Waals surface area contributed by atoms with Crippen LogP contribution >= 0.6 is 11.8 Å². The van der Waals surface area contributed by atoms with Crippen LogP contribution < -0.4 is 10.2 Å². The van der Waals surface area contributed by atoms with Gasteiger partial charge in [0.2, 0.25) is 5.91 Å². The van der Waals surface area contributed by atoms with Gasteiger partial charge in [-0.05, 0) is 60.2 Å². The third-order valence-electron chi connectivity index (χ3n) is 4.71. The fraction of sp³-hybridized carbons (Fsp3) is 0.409. The molecule has 1 amide bonds. The van der Waals surface area contributed by atoms with Gasteiger partial charge in [-0.15, -0.1) is 11.8 Å². The highest BCUT2D eigenvalue weighted by Crippen LogP contribution is 2.26. The van der Waals surface area contributed by atoms with Crippen LogP contribution in [0.5, 0.6) is 0 Å². The number of carbonyl (C=O) groups excluding carboxylic acids is 1. The van der Waals surface area contributed by atoms with Crippen LogP contribution in [0, 0.1) is 0 Å². The van der Waals surface area contributed by atoms with Crippen molar-refractivity contribution in [3.63, 3.8) is 0 Å². The Morgan fingerprint density at radius 2 is 1.62 bits per heavy atom. The van der Waals surface area contributed by atoms with Crippen molar-refractivity contribution < 1.29 is 4.79 Å². The van der Waals surface area contributed by atoms with Gasteiger partial charge in [-0.3, -0.25) is 4.79 Å². The minimum absolute atomic E-state index is 0.0313. The molecule has 4 heteroatoms. The molecule has 1 N–H and O–H groups in total. The normalized spacial score (nSPS) is 14.5. The minimum atomic E-state index is 0.0313. The van der Waals surface area contributed by atoms with Crippen LogP contribution in [-0.2, 0) is 10.2 Å². The molecule has 2 aromatic rings. The first-order valence-electron chi connectivity index (χ1n) is 9.30. The topological polar surface area (TPSA) is 32.3 Å². The molecule has 3 rings (SSSR count). The summed E-state index contributed by atoms with van der Waals surface area (Å²) in [4.78, 5) is 15.7. The smallest absolute Gasteiger partial charge is 0.234 e.